The van der Waals surface area contributed by atoms with Crippen LogP contribution in [0.3, 0.4) is 0 Å². The van der Waals surface area contributed by atoms with E-state index in [-0.39, 0.29) is 0 Å². The molecule has 0 saturated heterocycles. The van der Waals surface area contributed by atoms with Crippen molar-refractivity contribution in [1.82, 2.24) is 5.01 Å². The zero-order valence-electron chi connectivity index (χ0n) is 11.8. The summed E-state index contributed by atoms with van der Waals surface area (Å²) in [6.45, 7) is 8.40. The van der Waals surface area contributed by atoms with Crippen LogP contribution in [0, 0.1) is 5.92 Å². The maximum absolute atomic E-state index is 5.95. The minimum Gasteiger partial charge on any atom is -0.318 e. The Morgan fingerprint density at radius 3 is 2.71 bits per heavy atom. The molecule has 0 heterocycles. The van der Waals surface area contributed by atoms with E-state index in [1.54, 1.807) is 0 Å². The third-order valence-corrected chi connectivity index (χ3v) is 3.88. The molecule has 0 spiro atoms. The van der Waals surface area contributed by atoms with Crippen molar-refractivity contribution in [1.29, 1.82) is 0 Å². The molecule has 0 aromatic heterocycles. The lowest BCUT2D eigenvalue weighted by molar-refractivity contribution is 0.372. The van der Waals surface area contributed by atoms with Gasteiger partial charge in [-0.05, 0) is 57.4 Å². The Morgan fingerprint density at radius 2 is 2.12 bits per heavy atom. The van der Waals surface area contributed by atoms with Crippen molar-refractivity contribution < 1.29 is 0 Å². The molecule has 2 nitrogen and oxygen atoms in total. The van der Waals surface area contributed by atoms with E-state index in [0.717, 1.165) is 12.8 Å². The van der Waals surface area contributed by atoms with Crippen molar-refractivity contribution in [2.75, 3.05) is 7.05 Å². The fourth-order valence-electron chi connectivity index (χ4n) is 2.75. The minimum absolute atomic E-state index is 0.702. The molecule has 2 heteroatoms. The molecule has 1 aliphatic rings. The first-order chi connectivity index (χ1) is 8.02. The predicted molar refractivity (Wildman–Crippen MR) is 75.3 cm³/mol. The summed E-state index contributed by atoms with van der Waals surface area (Å²) in [5, 5.41) is 1.83. The highest BCUT2D eigenvalue weighted by molar-refractivity contribution is 5.14. The average molecular weight is 236 g/mol. The highest BCUT2D eigenvalue weighted by atomic mass is 15.4. The van der Waals surface area contributed by atoms with Crippen LogP contribution in [0.25, 0.3) is 0 Å². The van der Waals surface area contributed by atoms with Gasteiger partial charge in [-0.3, -0.25) is 0 Å². The van der Waals surface area contributed by atoms with Gasteiger partial charge in [0.1, 0.15) is 0 Å². The van der Waals surface area contributed by atoms with Crippen molar-refractivity contribution in [3.63, 3.8) is 0 Å². The largest absolute Gasteiger partial charge is 0.318 e. The lowest BCUT2D eigenvalue weighted by Crippen LogP contribution is -2.28. The molecule has 0 aromatic carbocycles. The molecule has 98 valence electrons. The summed E-state index contributed by atoms with van der Waals surface area (Å²) in [4.78, 5) is 0. The van der Waals surface area contributed by atoms with E-state index in [4.69, 9.17) is 5.84 Å². The Balaban J connectivity index is 2.78. The highest BCUT2D eigenvalue weighted by Crippen LogP contribution is 2.31. The molecule has 1 atom stereocenters. The molecular formula is C15H28N2. The van der Waals surface area contributed by atoms with Crippen molar-refractivity contribution in [2.45, 2.75) is 58.8 Å². The van der Waals surface area contributed by atoms with E-state index in [2.05, 4.69) is 20.4 Å². The smallest absolute Gasteiger partial charge is 0.0280 e. The number of rotatable bonds is 4. The summed E-state index contributed by atoms with van der Waals surface area (Å²) >= 11 is 0. The van der Waals surface area contributed by atoms with Gasteiger partial charge in [0, 0.05) is 12.7 Å². The lowest BCUT2D eigenvalue weighted by Gasteiger charge is -2.28. The third-order valence-electron chi connectivity index (χ3n) is 3.88. The first-order valence-electron chi connectivity index (χ1n) is 6.84. The van der Waals surface area contributed by atoms with Crippen molar-refractivity contribution >= 4 is 0 Å². The number of nitrogens with two attached hydrogens (primary N) is 1. The average Bonchev–Trinajstić information content (AvgIpc) is 2.22. The summed E-state index contributed by atoms with van der Waals surface area (Å²) in [5.41, 5.74) is 4.16. The number of allylic oxidation sites excluding steroid dienone is 3. The Morgan fingerprint density at radius 1 is 1.41 bits per heavy atom. The van der Waals surface area contributed by atoms with Crippen LogP contribution in [0.4, 0.5) is 0 Å². The van der Waals surface area contributed by atoms with E-state index in [9.17, 15) is 0 Å². The first-order valence-corrected chi connectivity index (χ1v) is 6.84. The maximum Gasteiger partial charge on any atom is 0.0280 e. The molecule has 1 unspecified atom stereocenters. The molecule has 0 radical (unpaired) electrons. The number of nitrogens with zero attached hydrogens (tertiary/aromatic N) is 1. The summed E-state index contributed by atoms with van der Waals surface area (Å²) in [5.74, 6) is 6.66. The van der Waals surface area contributed by atoms with Gasteiger partial charge in [0.2, 0.25) is 0 Å². The Bertz CT molecular complexity index is 289. The second kappa shape index (κ2) is 6.85. The van der Waals surface area contributed by atoms with E-state index >= 15 is 0 Å². The summed E-state index contributed by atoms with van der Waals surface area (Å²) < 4.78 is 0. The molecule has 0 saturated carbocycles. The van der Waals surface area contributed by atoms with Crippen molar-refractivity contribution in [3.05, 3.63) is 23.4 Å². The fraction of sp³-hybridized carbons (Fsp3) is 0.733. The van der Waals surface area contributed by atoms with E-state index in [1.165, 1.54) is 48.9 Å². The summed E-state index contributed by atoms with van der Waals surface area (Å²) in [6, 6.07) is 0. The topological polar surface area (TPSA) is 29.3 Å². The minimum atomic E-state index is 0.702. The van der Waals surface area contributed by atoms with Gasteiger partial charge in [0.25, 0.3) is 0 Å². The monoisotopic (exact) mass is 236 g/mol. The van der Waals surface area contributed by atoms with Gasteiger partial charge in [-0.2, -0.15) is 0 Å². The third kappa shape index (κ3) is 4.55. The summed E-state index contributed by atoms with van der Waals surface area (Å²) in [6.07, 6.45) is 8.82. The van der Waals surface area contributed by atoms with Gasteiger partial charge in [-0.1, -0.05) is 18.4 Å². The van der Waals surface area contributed by atoms with Crippen LogP contribution in [0.15, 0.2) is 23.4 Å². The molecule has 0 fully saturated rings. The molecule has 0 aromatic rings. The van der Waals surface area contributed by atoms with Crippen LogP contribution in [0.5, 0.6) is 0 Å². The Hall–Kier alpha value is -0.760. The predicted octanol–water partition coefficient (Wildman–Crippen LogP) is 4.00. The van der Waals surface area contributed by atoms with Crippen LogP contribution in [0.2, 0.25) is 0 Å². The molecule has 2 N–H and O–H groups in total. The van der Waals surface area contributed by atoms with E-state index in [1.807, 2.05) is 12.1 Å². The van der Waals surface area contributed by atoms with Crippen LogP contribution < -0.4 is 5.84 Å². The quantitative estimate of drug-likeness (QED) is 0.454. The highest BCUT2D eigenvalue weighted by Gasteiger charge is 2.18. The van der Waals surface area contributed by atoms with E-state index < -0.39 is 0 Å². The van der Waals surface area contributed by atoms with E-state index in [0.29, 0.717) is 5.92 Å². The van der Waals surface area contributed by atoms with Gasteiger partial charge in [-0.25, -0.2) is 5.84 Å². The van der Waals surface area contributed by atoms with Gasteiger partial charge in [0.15, 0.2) is 0 Å². The zero-order valence-corrected chi connectivity index (χ0v) is 11.8. The lowest BCUT2D eigenvalue weighted by atomic mass is 9.84. The fourth-order valence-corrected chi connectivity index (χ4v) is 2.75. The molecule has 1 aliphatic carbocycles. The number of hydrogen-bond donors (Lipinski definition) is 1. The second-order valence-corrected chi connectivity index (χ2v) is 5.53. The number of hydrazine groups is 1. The normalized spacial score (nSPS) is 22.0. The van der Waals surface area contributed by atoms with Gasteiger partial charge >= 0.3 is 0 Å². The molecule has 0 bridgehead atoms. The second-order valence-electron chi connectivity index (χ2n) is 5.53. The van der Waals surface area contributed by atoms with Crippen LogP contribution in [-0.4, -0.2) is 12.1 Å². The Kier molecular flexibility index (Phi) is 5.76. The van der Waals surface area contributed by atoms with Crippen LogP contribution in [0.1, 0.15) is 58.8 Å². The standard InChI is InChI=1S/C15H28N2/c1-12(2)10-11-14-8-6-5-7-9-15(13(14)3)17(4)16/h14H,1,5-11,16H2,2-4H3. The van der Waals surface area contributed by atoms with Crippen LogP contribution >= 0.6 is 0 Å². The molecule has 0 amide bonds. The molecular weight excluding hydrogens is 208 g/mol. The van der Waals surface area contributed by atoms with Gasteiger partial charge in [-0.15, -0.1) is 6.58 Å². The zero-order chi connectivity index (χ0) is 12.8. The molecule has 17 heavy (non-hydrogen) atoms. The number of hydrogen-bond acceptors (Lipinski definition) is 2. The maximum atomic E-state index is 5.95. The van der Waals surface area contributed by atoms with Crippen LogP contribution in [-0.2, 0) is 0 Å². The Labute approximate surface area is 107 Å². The van der Waals surface area contributed by atoms with Crippen molar-refractivity contribution in [3.8, 4) is 0 Å². The SMILES string of the molecule is C=C(C)CCC1CCCCCC(N(C)N)=C1C. The first kappa shape index (κ1) is 14.3. The summed E-state index contributed by atoms with van der Waals surface area (Å²) in [7, 11) is 1.97. The van der Waals surface area contributed by atoms with Gasteiger partial charge < -0.3 is 5.01 Å². The van der Waals surface area contributed by atoms with Crippen molar-refractivity contribution in [2.24, 2.45) is 11.8 Å². The van der Waals surface area contributed by atoms with Gasteiger partial charge in [0.05, 0.1) is 0 Å². The molecule has 0 aliphatic heterocycles. The molecule has 1 rings (SSSR count).